The van der Waals surface area contributed by atoms with Crippen LogP contribution in [0.5, 0.6) is 0 Å². The van der Waals surface area contributed by atoms with Gasteiger partial charge in [0.1, 0.15) is 5.78 Å². The Kier molecular flexibility index (Phi) is 3.42. The monoisotopic (exact) mass is 232 g/mol. The molecule has 17 heavy (non-hydrogen) atoms. The molecule has 0 radical (unpaired) electrons. The normalized spacial score (nSPS) is 19.2. The zero-order valence-electron chi connectivity index (χ0n) is 9.85. The number of ketones is 1. The van der Waals surface area contributed by atoms with E-state index in [2.05, 4.69) is 5.32 Å². The maximum absolute atomic E-state index is 11.7. The molecule has 0 spiro atoms. The lowest BCUT2D eigenvalue weighted by Crippen LogP contribution is -2.29. The third kappa shape index (κ3) is 2.84. The van der Waals surface area contributed by atoms with E-state index in [-0.39, 0.29) is 17.9 Å². The second-order valence-electron chi connectivity index (χ2n) is 4.31. The van der Waals surface area contributed by atoms with Crippen molar-refractivity contribution in [2.24, 2.45) is 0 Å². The fraction of sp³-hybridized carbons (Fsp3) is 0.385. The SMILES string of the molecule is CC(=O)CCN1CC(c2ccccc2)NC1=O. The summed E-state index contributed by atoms with van der Waals surface area (Å²) in [5.74, 6) is 0.112. The third-order valence-electron chi connectivity index (χ3n) is 2.92. The van der Waals surface area contributed by atoms with Crippen LogP contribution in [0.15, 0.2) is 30.3 Å². The summed E-state index contributed by atoms with van der Waals surface area (Å²) in [6.07, 6.45) is 0.426. The predicted octanol–water partition coefficient (Wildman–Crippen LogP) is 1.73. The van der Waals surface area contributed by atoms with Gasteiger partial charge in [-0.25, -0.2) is 4.79 Å². The summed E-state index contributed by atoms with van der Waals surface area (Å²) >= 11 is 0. The molecule has 0 aliphatic carbocycles. The van der Waals surface area contributed by atoms with Gasteiger partial charge in [-0.05, 0) is 12.5 Å². The first-order chi connectivity index (χ1) is 8.16. The maximum Gasteiger partial charge on any atom is 0.318 e. The van der Waals surface area contributed by atoms with Crippen LogP contribution in [0.4, 0.5) is 4.79 Å². The number of hydrogen-bond acceptors (Lipinski definition) is 2. The highest BCUT2D eigenvalue weighted by atomic mass is 16.2. The molecule has 1 atom stereocenters. The van der Waals surface area contributed by atoms with Crippen LogP contribution in [-0.2, 0) is 4.79 Å². The molecule has 2 amide bonds. The molecule has 1 aromatic rings. The molecule has 90 valence electrons. The van der Waals surface area contributed by atoms with Crippen molar-refractivity contribution in [2.45, 2.75) is 19.4 Å². The van der Waals surface area contributed by atoms with Crippen molar-refractivity contribution >= 4 is 11.8 Å². The van der Waals surface area contributed by atoms with Crippen molar-refractivity contribution in [3.63, 3.8) is 0 Å². The van der Waals surface area contributed by atoms with Crippen molar-refractivity contribution in [3.05, 3.63) is 35.9 Å². The Labute approximate surface area is 101 Å². The van der Waals surface area contributed by atoms with E-state index >= 15 is 0 Å². The van der Waals surface area contributed by atoms with Crippen LogP contribution >= 0.6 is 0 Å². The first kappa shape index (κ1) is 11.6. The third-order valence-corrected chi connectivity index (χ3v) is 2.92. The number of Topliss-reactive ketones (excluding diaryl/α,β-unsaturated/α-hetero) is 1. The number of hydrogen-bond donors (Lipinski definition) is 1. The molecule has 4 heteroatoms. The molecule has 1 aliphatic rings. The molecule has 1 unspecified atom stereocenters. The van der Waals surface area contributed by atoms with Crippen LogP contribution in [0, 0.1) is 0 Å². The van der Waals surface area contributed by atoms with Crippen molar-refractivity contribution in [1.82, 2.24) is 10.2 Å². The van der Waals surface area contributed by atoms with Crippen LogP contribution in [0.2, 0.25) is 0 Å². The average Bonchev–Trinajstić information content (AvgIpc) is 2.69. The van der Waals surface area contributed by atoms with Gasteiger partial charge in [0.25, 0.3) is 0 Å². The molecule has 1 heterocycles. The van der Waals surface area contributed by atoms with E-state index in [0.29, 0.717) is 19.5 Å². The largest absolute Gasteiger partial charge is 0.329 e. The fourth-order valence-corrected chi connectivity index (χ4v) is 1.95. The van der Waals surface area contributed by atoms with Crippen LogP contribution in [0.1, 0.15) is 24.9 Å². The van der Waals surface area contributed by atoms with E-state index in [0.717, 1.165) is 5.56 Å². The number of benzene rings is 1. The van der Waals surface area contributed by atoms with Gasteiger partial charge in [0.05, 0.1) is 6.04 Å². The summed E-state index contributed by atoms with van der Waals surface area (Å²) in [7, 11) is 0. The molecule has 1 saturated heterocycles. The molecule has 1 aliphatic heterocycles. The Morgan fingerprint density at radius 3 is 2.76 bits per heavy atom. The molecule has 1 fully saturated rings. The van der Waals surface area contributed by atoms with Gasteiger partial charge in [0.15, 0.2) is 0 Å². The van der Waals surface area contributed by atoms with Gasteiger partial charge in [-0.15, -0.1) is 0 Å². The predicted molar refractivity (Wildman–Crippen MR) is 64.6 cm³/mol. The van der Waals surface area contributed by atoms with E-state index in [1.165, 1.54) is 0 Å². The Bertz CT molecular complexity index is 417. The van der Waals surface area contributed by atoms with Gasteiger partial charge in [0.2, 0.25) is 0 Å². The molecular weight excluding hydrogens is 216 g/mol. The van der Waals surface area contributed by atoms with Crippen molar-refractivity contribution in [1.29, 1.82) is 0 Å². The van der Waals surface area contributed by atoms with E-state index in [1.807, 2.05) is 30.3 Å². The minimum absolute atomic E-state index is 0.0376. The van der Waals surface area contributed by atoms with Crippen LogP contribution < -0.4 is 5.32 Å². The highest BCUT2D eigenvalue weighted by Gasteiger charge is 2.29. The van der Waals surface area contributed by atoms with Gasteiger partial charge in [-0.3, -0.25) is 4.79 Å². The lowest BCUT2D eigenvalue weighted by atomic mass is 10.1. The van der Waals surface area contributed by atoms with Gasteiger partial charge < -0.3 is 10.2 Å². The molecule has 0 bridgehead atoms. The Morgan fingerprint density at radius 1 is 1.41 bits per heavy atom. The average molecular weight is 232 g/mol. The summed E-state index contributed by atoms with van der Waals surface area (Å²) < 4.78 is 0. The van der Waals surface area contributed by atoms with E-state index in [9.17, 15) is 9.59 Å². The summed E-state index contributed by atoms with van der Waals surface area (Å²) in [6, 6.07) is 9.82. The molecule has 0 saturated carbocycles. The minimum atomic E-state index is -0.0832. The Morgan fingerprint density at radius 2 is 2.12 bits per heavy atom. The topological polar surface area (TPSA) is 49.4 Å². The highest BCUT2D eigenvalue weighted by molar-refractivity contribution is 5.79. The number of amides is 2. The molecule has 4 nitrogen and oxygen atoms in total. The number of nitrogens with one attached hydrogen (secondary N) is 1. The summed E-state index contributed by atoms with van der Waals surface area (Å²) in [5.41, 5.74) is 1.10. The lowest BCUT2D eigenvalue weighted by Gasteiger charge is -2.13. The van der Waals surface area contributed by atoms with Crippen LogP contribution in [-0.4, -0.2) is 29.8 Å². The minimum Gasteiger partial charge on any atom is -0.329 e. The second kappa shape index (κ2) is 4.99. The van der Waals surface area contributed by atoms with E-state index < -0.39 is 0 Å². The first-order valence-electron chi connectivity index (χ1n) is 5.76. The molecular formula is C13H16N2O2. The quantitative estimate of drug-likeness (QED) is 0.859. The Balaban J connectivity index is 1.97. The molecule has 2 rings (SSSR count). The standard InChI is InChI=1S/C13H16N2O2/c1-10(16)7-8-15-9-12(14-13(15)17)11-5-3-2-4-6-11/h2-6,12H,7-9H2,1H3,(H,14,17). The highest BCUT2D eigenvalue weighted by Crippen LogP contribution is 2.19. The second-order valence-corrected chi connectivity index (χ2v) is 4.31. The molecule has 0 aromatic heterocycles. The summed E-state index contributed by atoms with van der Waals surface area (Å²) in [5, 5.41) is 2.92. The Hall–Kier alpha value is -1.84. The van der Waals surface area contributed by atoms with Gasteiger partial charge in [0, 0.05) is 19.5 Å². The van der Waals surface area contributed by atoms with E-state index in [4.69, 9.17) is 0 Å². The number of rotatable bonds is 4. The maximum atomic E-state index is 11.7. The number of carbonyl (C=O) groups is 2. The van der Waals surface area contributed by atoms with E-state index in [1.54, 1.807) is 11.8 Å². The lowest BCUT2D eigenvalue weighted by molar-refractivity contribution is -0.117. The molecule has 1 aromatic carbocycles. The zero-order chi connectivity index (χ0) is 12.3. The van der Waals surface area contributed by atoms with Crippen molar-refractivity contribution < 1.29 is 9.59 Å². The summed E-state index contributed by atoms with van der Waals surface area (Å²) in [6.45, 7) is 2.68. The number of urea groups is 1. The van der Waals surface area contributed by atoms with Gasteiger partial charge >= 0.3 is 6.03 Å². The van der Waals surface area contributed by atoms with Crippen LogP contribution in [0.3, 0.4) is 0 Å². The van der Waals surface area contributed by atoms with Gasteiger partial charge in [-0.2, -0.15) is 0 Å². The van der Waals surface area contributed by atoms with Crippen LogP contribution in [0.25, 0.3) is 0 Å². The number of nitrogens with zero attached hydrogens (tertiary/aromatic N) is 1. The van der Waals surface area contributed by atoms with Crippen molar-refractivity contribution in [2.75, 3.05) is 13.1 Å². The van der Waals surface area contributed by atoms with Crippen molar-refractivity contribution in [3.8, 4) is 0 Å². The smallest absolute Gasteiger partial charge is 0.318 e. The number of carbonyl (C=O) groups excluding carboxylic acids is 2. The van der Waals surface area contributed by atoms with Gasteiger partial charge in [-0.1, -0.05) is 30.3 Å². The summed E-state index contributed by atoms with van der Waals surface area (Å²) in [4.78, 5) is 24.3. The first-order valence-corrected chi connectivity index (χ1v) is 5.76. The zero-order valence-corrected chi connectivity index (χ0v) is 9.85. The fourth-order valence-electron chi connectivity index (χ4n) is 1.95. The molecule has 1 N–H and O–H groups in total.